The van der Waals surface area contributed by atoms with Crippen LogP contribution in [0.1, 0.15) is 27.4 Å². The van der Waals surface area contributed by atoms with Gasteiger partial charge in [0.1, 0.15) is 0 Å². The Hall–Kier alpha value is -1.07. The lowest BCUT2D eigenvalue weighted by Crippen LogP contribution is -2.35. The first-order valence-electron chi connectivity index (χ1n) is 5.79. The Morgan fingerprint density at radius 1 is 1.65 bits per heavy atom. The molecule has 94 valence electrons. The lowest BCUT2D eigenvalue weighted by molar-refractivity contribution is 0.0685. The average molecular weight is 254 g/mol. The fraction of sp³-hybridized carbons (Fsp3) is 0.583. The molecule has 1 saturated carbocycles. The summed E-state index contributed by atoms with van der Waals surface area (Å²) in [6, 6.07) is 2.19. The zero-order valence-corrected chi connectivity index (χ0v) is 11.0. The van der Waals surface area contributed by atoms with Gasteiger partial charge in [-0.15, -0.1) is 11.3 Å². The molecule has 5 heteroatoms. The van der Waals surface area contributed by atoms with Gasteiger partial charge in [-0.1, -0.05) is 0 Å². The third-order valence-electron chi connectivity index (χ3n) is 2.95. The first-order valence-corrected chi connectivity index (χ1v) is 6.61. The van der Waals surface area contributed by atoms with Crippen molar-refractivity contribution in [2.45, 2.75) is 25.8 Å². The maximum Gasteiger partial charge on any atom is 0.264 e. The summed E-state index contributed by atoms with van der Waals surface area (Å²) in [4.78, 5) is 16.0. The van der Waals surface area contributed by atoms with Crippen molar-refractivity contribution in [1.82, 2.24) is 4.90 Å². The molecule has 0 unspecified atom stereocenters. The molecule has 2 rings (SSSR count). The molecule has 1 fully saturated rings. The number of hydrogen-bond donors (Lipinski definition) is 1. The minimum absolute atomic E-state index is 0.0920. The number of nitrogens with two attached hydrogens (primary N) is 1. The summed E-state index contributed by atoms with van der Waals surface area (Å²) in [5.41, 5.74) is 6.49. The summed E-state index contributed by atoms with van der Waals surface area (Å²) in [5.74, 6) is 0.0920. The second kappa shape index (κ2) is 5.06. The van der Waals surface area contributed by atoms with E-state index in [1.165, 1.54) is 11.3 Å². The average Bonchev–Trinajstić information content (AvgIpc) is 3.07. The second-order valence-corrected chi connectivity index (χ2v) is 5.60. The van der Waals surface area contributed by atoms with Gasteiger partial charge in [0.05, 0.1) is 11.5 Å². The molecule has 0 bridgehead atoms. The zero-order chi connectivity index (χ0) is 12.4. The smallest absolute Gasteiger partial charge is 0.264 e. The number of aryl methyl sites for hydroxylation is 1. The minimum atomic E-state index is 0.0920. The number of methoxy groups -OCH3 is 1. The highest BCUT2D eigenvalue weighted by Crippen LogP contribution is 2.31. The van der Waals surface area contributed by atoms with Gasteiger partial charge in [-0.25, -0.2) is 0 Å². The number of rotatable bonds is 5. The maximum absolute atomic E-state index is 12.3. The lowest BCUT2D eigenvalue weighted by atomic mass is 10.3. The van der Waals surface area contributed by atoms with Gasteiger partial charge >= 0.3 is 0 Å². The van der Waals surface area contributed by atoms with Crippen LogP contribution in [0, 0.1) is 6.92 Å². The van der Waals surface area contributed by atoms with E-state index in [1.807, 2.05) is 11.8 Å². The Bertz CT molecular complexity index is 393. The number of hydrogen-bond acceptors (Lipinski definition) is 4. The fourth-order valence-electron chi connectivity index (χ4n) is 1.77. The summed E-state index contributed by atoms with van der Waals surface area (Å²) in [5, 5.41) is 0. The molecule has 1 heterocycles. The number of nitrogens with zero attached hydrogens (tertiary/aromatic N) is 1. The van der Waals surface area contributed by atoms with Gasteiger partial charge in [0.2, 0.25) is 0 Å². The predicted molar refractivity (Wildman–Crippen MR) is 69.4 cm³/mol. The number of thiophene rings is 1. The summed E-state index contributed by atoms with van der Waals surface area (Å²) < 4.78 is 5.05. The predicted octanol–water partition coefficient (Wildman–Crippen LogP) is 1.89. The number of nitrogen functional groups attached to an aromatic ring is 1. The molecular weight excluding hydrogens is 236 g/mol. The van der Waals surface area contributed by atoms with Crippen LogP contribution in [0.2, 0.25) is 0 Å². The van der Waals surface area contributed by atoms with Crippen LogP contribution in [-0.4, -0.2) is 37.1 Å². The summed E-state index contributed by atoms with van der Waals surface area (Å²) in [6.45, 7) is 3.19. The zero-order valence-electron chi connectivity index (χ0n) is 10.2. The van der Waals surface area contributed by atoms with E-state index < -0.39 is 0 Å². The number of amides is 1. The van der Waals surface area contributed by atoms with Crippen LogP contribution >= 0.6 is 11.3 Å². The van der Waals surface area contributed by atoms with E-state index in [0.717, 1.165) is 22.6 Å². The Kier molecular flexibility index (Phi) is 3.69. The number of anilines is 1. The van der Waals surface area contributed by atoms with Gasteiger partial charge < -0.3 is 15.4 Å². The van der Waals surface area contributed by atoms with Crippen molar-refractivity contribution in [3.8, 4) is 0 Å². The molecular formula is C12H18N2O2S. The summed E-state index contributed by atoms with van der Waals surface area (Å²) in [7, 11) is 1.66. The molecule has 0 spiro atoms. The van der Waals surface area contributed by atoms with Crippen LogP contribution in [-0.2, 0) is 4.74 Å². The van der Waals surface area contributed by atoms with Gasteiger partial charge in [-0.3, -0.25) is 4.79 Å². The van der Waals surface area contributed by atoms with Crippen LogP contribution < -0.4 is 5.73 Å². The first-order chi connectivity index (χ1) is 8.13. The van der Waals surface area contributed by atoms with Gasteiger partial charge in [0.15, 0.2) is 0 Å². The lowest BCUT2D eigenvalue weighted by Gasteiger charge is -2.21. The molecule has 1 aromatic heterocycles. The molecule has 17 heavy (non-hydrogen) atoms. The topological polar surface area (TPSA) is 55.6 Å². The third-order valence-corrected chi connectivity index (χ3v) is 4.01. The van der Waals surface area contributed by atoms with E-state index in [-0.39, 0.29) is 5.91 Å². The van der Waals surface area contributed by atoms with Gasteiger partial charge in [-0.05, 0) is 25.8 Å². The molecule has 1 aliphatic carbocycles. The second-order valence-electron chi connectivity index (χ2n) is 4.34. The Morgan fingerprint density at radius 3 is 2.82 bits per heavy atom. The maximum atomic E-state index is 12.3. The van der Waals surface area contributed by atoms with Gasteiger partial charge in [0.25, 0.3) is 5.91 Å². The van der Waals surface area contributed by atoms with Crippen molar-refractivity contribution >= 4 is 22.9 Å². The van der Waals surface area contributed by atoms with E-state index >= 15 is 0 Å². The van der Waals surface area contributed by atoms with Crippen molar-refractivity contribution in [2.24, 2.45) is 0 Å². The Balaban J connectivity index is 2.09. The highest BCUT2D eigenvalue weighted by molar-refractivity contribution is 7.14. The van der Waals surface area contributed by atoms with Crippen molar-refractivity contribution in [1.29, 1.82) is 0 Å². The number of carbonyl (C=O) groups is 1. The fourth-order valence-corrected chi connectivity index (χ4v) is 2.67. The molecule has 0 aromatic carbocycles. The van der Waals surface area contributed by atoms with E-state index in [4.69, 9.17) is 10.5 Å². The molecule has 4 nitrogen and oxygen atoms in total. The summed E-state index contributed by atoms with van der Waals surface area (Å²) in [6.07, 6.45) is 2.21. The number of ether oxygens (including phenoxy) is 1. The molecule has 0 aliphatic heterocycles. The van der Waals surface area contributed by atoms with E-state index in [1.54, 1.807) is 13.2 Å². The monoisotopic (exact) mass is 254 g/mol. The SMILES string of the molecule is COCCN(C(=O)c1cc(N)c(C)s1)C1CC1. The van der Waals surface area contributed by atoms with Crippen LogP contribution in [0.25, 0.3) is 0 Å². The van der Waals surface area contributed by atoms with Crippen molar-refractivity contribution in [2.75, 3.05) is 26.0 Å². The summed E-state index contributed by atoms with van der Waals surface area (Å²) >= 11 is 1.47. The number of carbonyl (C=O) groups excluding carboxylic acids is 1. The van der Waals surface area contributed by atoms with Crippen molar-refractivity contribution < 1.29 is 9.53 Å². The van der Waals surface area contributed by atoms with E-state index in [0.29, 0.717) is 24.9 Å². The van der Waals surface area contributed by atoms with Gasteiger partial charge in [-0.2, -0.15) is 0 Å². The molecule has 0 radical (unpaired) electrons. The molecule has 0 saturated heterocycles. The van der Waals surface area contributed by atoms with E-state index in [2.05, 4.69) is 0 Å². The largest absolute Gasteiger partial charge is 0.398 e. The minimum Gasteiger partial charge on any atom is -0.398 e. The molecule has 1 aliphatic rings. The quantitative estimate of drug-likeness (QED) is 0.873. The highest BCUT2D eigenvalue weighted by Gasteiger charge is 2.33. The normalized spacial score (nSPS) is 14.9. The van der Waals surface area contributed by atoms with E-state index in [9.17, 15) is 4.79 Å². The Labute approximate surface area is 105 Å². The van der Waals surface area contributed by atoms with Crippen LogP contribution in [0.15, 0.2) is 6.07 Å². The molecule has 2 N–H and O–H groups in total. The first kappa shape index (κ1) is 12.4. The van der Waals surface area contributed by atoms with Crippen LogP contribution in [0.5, 0.6) is 0 Å². The van der Waals surface area contributed by atoms with Crippen LogP contribution in [0.3, 0.4) is 0 Å². The van der Waals surface area contributed by atoms with Crippen LogP contribution in [0.4, 0.5) is 5.69 Å². The molecule has 1 amide bonds. The molecule has 0 atom stereocenters. The standard InChI is InChI=1S/C12H18N2O2S/c1-8-10(13)7-11(17-8)12(15)14(5-6-16-2)9-3-4-9/h7,9H,3-6,13H2,1-2H3. The molecule has 1 aromatic rings. The third kappa shape index (κ3) is 2.79. The van der Waals surface area contributed by atoms with Gasteiger partial charge in [0, 0.05) is 30.3 Å². The Morgan fingerprint density at radius 2 is 2.35 bits per heavy atom. The highest BCUT2D eigenvalue weighted by atomic mass is 32.1. The van der Waals surface area contributed by atoms with Crippen molar-refractivity contribution in [3.63, 3.8) is 0 Å². The van der Waals surface area contributed by atoms with Crippen molar-refractivity contribution in [3.05, 3.63) is 15.8 Å².